The third-order valence-electron chi connectivity index (χ3n) is 4.31. The Bertz CT molecular complexity index is 290. The van der Waals surface area contributed by atoms with Crippen molar-refractivity contribution in [2.24, 2.45) is 11.7 Å². The molecule has 2 aliphatic rings. The Morgan fingerprint density at radius 2 is 1.80 bits per heavy atom. The van der Waals surface area contributed by atoms with Crippen molar-refractivity contribution >= 4 is 18.3 Å². The molecule has 3 N–H and O–H groups in total. The van der Waals surface area contributed by atoms with Gasteiger partial charge in [-0.25, -0.2) is 0 Å². The summed E-state index contributed by atoms with van der Waals surface area (Å²) < 4.78 is 5.89. The maximum Gasteiger partial charge on any atom is 0.248 e. The van der Waals surface area contributed by atoms with E-state index in [-0.39, 0.29) is 36.6 Å². The monoisotopic (exact) mass is 304 g/mol. The summed E-state index contributed by atoms with van der Waals surface area (Å²) >= 11 is 0. The molecule has 0 bridgehead atoms. The lowest BCUT2D eigenvalue weighted by Crippen LogP contribution is -2.43. The molecule has 0 heterocycles. The number of ether oxygens (including phenoxy) is 1. The normalized spacial score (nSPS) is 23.3. The van der Waals surface area contributed by atoms with Crippen LogP contribution in [0.4, 0.5) is 0 Å². The minimum Gasteiger partial charge on any atom is -0.365 e. The highest BCUT2D eigenvalue weighted by Gasteiger charge is 2.29. The highest BCUT2D eigenvalue weighted by atomic mass is 35.5. The van der Waals surface area contributed by atoms with Gasteiger partial charge in [0.2, 0.25) is 5.91 Å². The maximum absolute atomic E-state index is 12.0. The molecule has 2 atom stereocenters. The summed E-state index contributed by atoms with van der Waals surface area (Å²) in [5, 5.41) is 2.92. The molecule has 20 heavy (non-hydrogen) atoms. The molecule has 0 aliphatic heterocycles. The van der Waals surface area contributed by atoms with Gasteiger partial charge in [0.1, 0.15) is 6.10 Å². The van der Waals surface area contributed by atoms with Crippen molar-refractivity contribution in [2.45, 2.75) is 76.5 Å². The van der Waals surface area contributed by atoms with Gasteiger partial charge in [0.15, 0.2) is 0 Å². The third kappa shape index (κ3) is 5.98. The van der Waals surface area contributed by atoms with Gasteiger partial charge in [-0.3, -0.25) is 4.79 Å². The van der Waals surface area contributed by atoms with Crippen LogP contribution < -0.4 is 11.1 Å². The molecule has 0 radical (unpaired) electrons. The highest BCUT2D eigenvalue weighted by Crippen LogP contribution is 2.31. The number of carbonyl (C=O) groups excluding carboxylic acids is 1. The molecular weight excluding hydrogens is 276 g/mol. The van der Waals surface area contributed by atoms with E-state index in [2.05, 4.69) is 5.32 Å². The Hall–Kier alpha value is -0.320. The van der Waals surface area contributed by atoms with Gasteiger partial charge in [-0.05, 0) is 38.5 Å². The second-order valence-electron chi connectivity index (χ2n) is 6.14. The molecule has 4 nitrogen and oxygen atoms in total. The molecule has 5 heteroatoms. The number of hydrogen-bond acceptors (Lipinski definition) is 3. The number of rotatable bonds is 6. The highest BCUT2D eigenvalue weighted by molar-refractivity contribution is 5.85. The van der Waals surface area contributed by atoms with Crippen LogP contribution in [-0.4, -0.2) is 30.7 Å². The number of halogens is 1. The molecule has 0 aromatic heterocycles. The lowest BCUT2D eigenvalue weighted by molar-refractivity contribution is -0.135. The van der Waals surface area contributed by atoms with Gasteiger partial charge < -0.3 is 15.8 Å². The zero-order valence-corrected chi connectivity index (χ0v) is 13.3. The van der Waals surface area contributed by atoms with Gasteiger partial charge in [-0.2, -0.15) is 0 Å². The molecule has 2 rings (SSSR count). The van der Waals surface area contributed by atoms with Crippen molar-refractivity contribution in [3.63, 3.8) is 0 Å². The molecule has 2 saturated carbocycles. The Labute approximate surface area is 128 Å². The first-order chi connectivity index (χ1) is 9.16. The largest absolute Gasteiger partial charge is 0.365 e. The molecule has 0 spiro atoms. The van der Waals surface area contributed by atoms with E-state index in [9.17, 15) is 4.79 Å². The van der Waals surface area contributed by atoms with Gasteiger partial charge in [-0.15, -0.1) is 12.4 Å². The van der Waals surface area contributed by atoms with Gasteiger partial charge in [-0.1, -0.05) is 25.7 Å². The fraction of sp³-hybridized carbons (Fsp3) is 0.933. The van der Waals surface area contributed by atoms with Crippen LogP contribution in [-0.2, 0) is 9.53 Å². The van der Waals surface area contributed by atoms with Crippen LogP contribution in [0.15, 0.2) is 0 Å². The fourth-order valence-electron chi connectivity index (χ4n) is 2.78. The molecule has 2 fully saturated rings. The zero-order valence-electron chi connectivity index (χ0n) is 12.5. The van der Waals surface area contributed by atoms with E-state index in [4.69, 9.17) is 10.5 Å². The molecule has 0 aromatic carbocycles. The lowest BCUT2D eigenvalue weighted by Gasteiger charge is -2.21. The first kappa shape index (κ1) is 17.7. The van der Waals surface area contributed by atoms with E-state index in [0.717, 1.165) is 12.8 Å². The Kier molecular flexibility index (Phi) is 7.85. The third-order valence-corrected chi connectivity index (χ3v) is 4.31. The summed E-state index contributed by atoms with van der Waals surface area (Å²) in [6.45, 7) is 2.44. The SMILES string of the molecule is CC(OC1CCCCCC1)C(=O)NCC(N)C1CC1.Cl. The first-order valence-corrected chi connectivity index (χ1v) is 7.85. The number of nitrogens with one attached hydrogen (secondary N) is 1. The van der Waals surface area contributed by atoms with E-state index in [0.29, 0.717) is 12.5 Å². The predicted octanol–water partition coefficient (Wildman–Crippen LogP) is 2.39. The van der Waals surface area contributed by atoms with Crippen molar-refractivity contribution in [3.8, 4) is 0 Å². The molecule has 118 valence electrons. The number of carbonyl (C=O) groups is 1. The average Bonchev–Trinajstić information content (AvgIpc) is 3.22. The van der Waals surface area contributed by atoms with Crippen LogP contribution in [0.2, 0.25) is 0 Å². The second kappa shape index (κ2) is 8.85. The van der Waals surface area contributed by atoms with Crippen molar-refractivity contribution in [1.29, 1.82) is 0 Å². The Morgan fingerprint density at radius 1 is 1.20 bits per heavy atom. The molecular formula is C15H29ClN2O2. The van der Waals surface area contributed by atoms with Crippen molar-refractivity contribution in [3.05, 3.63) is 0 Å². The fourth-order valence-corrected chi connectivity index (χ4v) is 2.78. The van der Waals surface area contributed by atoms with Gasteiger partial charge in [0, 0.05) is 12.6 Å². The summed E-state index contributed by atoms with van der Waals surface area (Å²) in [7, 11) is 0. The van der Waals surface area contributed by atoms with Gasteiger partial charge >= 0.3 is 0 Å². The molecule has 0 aromatic rings. The van der Waals surface area contributed by atoms with Crippen molar-refractivity contribution in [1.82, 2.24) is 5.32 Å². The number of nitrogens with two attached hydrogens (primary N) is 1. The summed E-state index contributed by atoms with van der Waals surface area (Å²) in [6, 6.07) is 0.119. The van der Waals surface area contributed by atoms with Crippen LogP contribution in [0, 0.1) is 5.92 Å². The van der Waals surface area contributed by atoms with Gasteiger partial charge in [0.25, 0.3) is 0 Å². The maximum atomic E-state index is 12.0. The summed E-state index contributed by atoms with van der Waals surface area (Å²) in [6.07, 6.45) is 9.59. The number of amides is 1. The van der Waals surface area contributed by atoms with E-state index in [1.54, 1.807) is 0 Å². The minimum absolute atomic E-state index is 0. The van der Waals surface area contributed by atoms with Crippen molar-refractivity contribution < 1.29 is 9.53 Å². The standard InChI is InChI=1S/C15H28N2O2.ClH/c1-11(19-13-6-4-2-3-5-7-13)15(18)17-10-14(16)12-8-9-12;/h11-14H,2-10,16H2,1H3,(H,17,18);1H. The Balaban J connectivity index is 0.00000200. The predicted molar refractivity (Wildman–Crippen MR) is 83.0 cm³/mol. The van der Waals surface area contributed by atoms with E-state index in [1.807, 2.05) is 6.92 Å². The topological polar surface area (TPSA) is 64.3 Å². The second-order valence-corrected chi connectivity index (χ2v) is 6.14. The van der Waals surface area contributed by atoms with Crippen LogP contribution in [0.5, 0.6) is 0 Å². The number of hydrogen-bond donors (Lipinski definition) is 2. The summed E-state index contributed by atoms with van der Waals surface area (Å²) in [5.41, 5.74) is 5.98. The van der Waals surface area contributed by atoms with Crippen LogP contribution in [0.25, 0.3) is 0 Å². The van der Waals surface area contributed by atoms with Crippen LogP contribution in [0.1, 0.15) is 58.3 Å². The molecule has 2 unspecified atom stereocenters. The van der Waals surface area contributed by atoms with Crippen molar-refractivity contribution in [2.75, 3.05) is 6.54 Å². The Morgan fingerprint density at radius 3 is 2.35 bits per heavy atom. The molecule has 0 saturated heterocycles. The zero-order chi connectivity index (χ0) is 13.7. The quantitative estimate of drug-likeness (QED) is 0.741. The molecule has 1 amide bonds. The lowest BCUT2D eigenvalue weighted by atomic mass is 10.1. The van der Waals surface area contributed by atoms with Crippen LogP contribution in [0.3, 0.4) is 0 Å². The van der Waals surface area contributed by atoms with Crippen LogP contribution >= 0.6 is 12.4 Å². The van der Waals surface area contributed by atoms with E-state index in [1.165, 1.54) is 38.5 Å². The smallest absolute Gasteiger partial charge is 0.248 e. The summed E-state index contributed by atoms with van der Waals surface area (Å²) in [5.74, 6) is 0.610. The summed E-state index contributed by atoms with van der Waals surface area (Å²) in [4.78, 5) is 12.0. The van der Waals surface area contributed by atoms with Gasteiger partial charge in [0.05, 0.1) is 6.10 Å². The first-order valence-electron chi connectivity index (χ1n) is 7.85. The van der Waals surface area contributed by atoms with E-state index >= 15 is 0 Å². The average molecular weight is 305 g/mol. The molecule has 2 aliphatic carbocycles. The minimum atomic E-state index is -0.352. The van der Waals surface area contributed by atoms with E-state index < -0.39 is 0 Å².